The van der Waals surface area contributed by atoms with Crippen LogP contribution in [0.1, 0.15) is 19.4 Å². The maximum Gasteiger partial charge on any atom is 0.512 e. The van der Waals surface area contributed by atoms with Crippen LogP contribution in [-0.2, 0) is 18.9 Å². The second-order valence-corrected chi connectivity index (χ2v) is 4.67. The molecule has 5 heteroatoms. The lowest BCUT2D eigenvalue weighted by atomic mass is 10.2. The minimum Gasteiger partial charge on any atom is -0.431 e. The summed E-state index contributed by atoms with van der Waals surface area (Å²) in [4.78, 5) is 11.4. The lowest BCUT2D eigenvalue weighted by Gasteiger charge is -2.25. The van der Waals surface area contributed by atoms with E-state index >= 15 is 0 Å². The maximum absolute atomic E-state index is 11.4. The zero-order chi connectivity index (χ0) is 12.9. The van der Waals surface area contributed by atoms with Crippen LogP contribution in [0.3, 0.4) is 0 Å². The Morgan fingerprint density at radius 1 is 1.29 bits per heavy atom. The van der Waals surface area contributed by atoms with Crippen LogP contribution in [-0.4, -0.2) is 19.4 Å². The maximum atomic E-state index is 11.4. The average molecular weight is 303 g/mol. The van der Waals surface area contributed by atoms with Gasteiger partial charge in [0, 0.05) is 28.6 Å². The van der Waals surface area contributed by atoms with E-state index in [1.807, 2.05) is 18.2 Å². The number of methoxy groups -OCH3 is 1. The number of rotatable bonds is 4. The third kappa shape index (κ3) is 4.02. The van der Waals surface area contributed by atoms with Gasteiger partial charge in [-0.05, 0) is 13.8 Å². The quantitative estimate of drug-likeness (QED) is 0.486. The van der Waals surface area contributed by atoms with Gasteiger partial charge in [0.2, 0.25) is 0 Å². The van der Waals surface area contributed by atoms with Gasteiger partial charge >= 0.3 is 10.9 Å². The summed E-state index contributed by atoms with van der Waals surface area (Å²) in [5.74, 6) is 0. The topological polar surface area (TPSA) is 44.8 Å². The van der Waals surface area contributed by atoms with Crippen LogP contribution in [0.25, 0.3) is 0 Å². The molecule has 1 unspecified atom stereocenters. The number of halogens is 1. The highest BCUT2D eigenvalue weighted by atomic mass is 79.9. The van der Waals surface area contributed by atoms with E-state index in [1.54, 1.807) is 26.0 Å². The molecule has 1 atom stereocenters. The number of alkyl halides is 1. The fourth-order valence-corrected chi connectivity index (χ4v) is 1.58. The molecule has 0 heterocycles. The van der Waals surface area contributed by atoms with E-state index in [9.17, 15) is 4.79 Å². The van der Waals surface area contributed by atoms with Gasteiger partial charge in [0.05, 0.1) is 6.10 Å². The van der Waals surface area contributed by atoms with Crippen LogP contribution < -0.4 is 0 Å². The molecule has 94 valence electrons. The molecule has 0 fully saturated rings. The van der Waals surface area contributed by atoms with E-state index in [4.69, 9.17) is 14.2 Å². The Morgan fingerprint density at radius 3 is 2.35 bits per heavy atom. The van der Waals surface area contributed by atoms with Crippen molar-refractivity contribution in [1.29, 1.82) is 0 Å². The molecule has 0 bridgehead atoms. The molecule has 0 N–H and O–H groups in total. The van der Waals surface area contributed by atoms with Crippen molar-refractivity contribution in [3.8, 4) is 0 Å². The fraction of sp³-hybridized carbons (Fsp3) is 0.417. The summed E-state index contributed by atoms with van der Waals surface area (Å²) >= 11 is 3.24. The van der Waals surface area contributed by atoms with Crippen LogP contribution in [0, 0.1) is 0 Å². The van der Waals surface area contributed by atoms with E-state index in [2.05, 4.69) is 15.9 Å². The Kier molecular flexibility index (Phi) is 4.96. The molecule has 0 saturated carbocycles. The van der Waals surface area contributed by atoms with E-state index in [0.717, 1.165) is 0 Å². The lowest BCUT2D eigenvalue weighted by molar-refractivity contribution is -0.134. The summed E-state index contributed by atoms with van der Waals surface area (Å²) in [7, 11) is 1.43. The largest absolute Gasteiger partial charge is 0.512 e. The van der Waals surface area contributed by atoms with E-state index < -0.39 is 10.9 Å². The van der Waals surface area contributed by atoms with Gasteiger partial charge in [0.15, 0.2) is 0 Å². The zero-order valence-corrected chi connectivity index (χ0v) is 11.6. The summed E-state index contributed by atoms with van der Waals surface area (Å²) in [6, 6.07) is 9.06. The molecular weight excluding hydrogens is 288 g/mol. The van der Waals surface area contributed by atoms with Crippen molar-refractivity contribution >= 4 is 22.1 Å². The molecule has 0 saturated heterocycles. The number of benzene rings is 1. The van der Waals surface area contributed by atoms with Crippen LogP contribution in [0.2, 0.25) is 0 Å². The minimum atomic E-state index is -1.32. The van der Waals surface area contributed by atoms with Gasteiger partial charge in [-0.1, -0.05) is 30.3 Å². The van der Waals surface area contributed by atoms with Crippen molar-refractivity contribution in [2.45, 2.75) is 24.6 Å². The van der Waals surface area contributed by atoms with Gasteiger partial charge in [-0.25, -0.2) is 4.79 Å². The summed E-state index contributed by atoms with van der Waals surface area (Å²) in [5, 5.41) is 0. The predicted octanol–water partition coefficient (Wildman–Crippen LogP) is 3.40. The van der Waals surface area contributed by atoms with E-state index in [0.29, 0.717) is 5.56 Å². The zero-order valence-electron chi connectivity index (χ0n) is 9.98. The summed E-state index contributed by atoms with van der Waals surface area (Å²) < 4.78 is 13.9. The SMILES string of the molecule is COC(Br)(OC(=O)OC(C)C)c1ccccc1. The first kappa shape index (κ1) is 14.0. The highest BCUT2D eigenvalue weighted by molar-refractivity contribution is 9.09. The number of ether oxygens (including phenoxy) is 3. The van der Waals surface area contributed by atoms with Crippen LogP contribution in [0.4, 0.5) is 4.79 Å². The Bertz CT molecular complexity index is 366. The molecule has 0 spiro atoms. The van der Waals surface area contributed by atoms with Crippen molar-refractivity contribution < 1.29 is 19.0 Å². The molecule has 1 aromatic carbocycles. The van der Waals surface area contributed by atoms with E-state index in [1.165, 1.54) is 7.11 Å². The van der Waals surface area contributed by atoms with Crippen molar-refractivity contribution in [2.24, 2.45) is 0 Å². The monoisotopic (exact) mass is 302 g/mol. The summed E-state index contributed by atoms with van der Waals surface area (Å²) in [5.41, 5.74) is 0.670. The van der Waals surface area contributed by atoms with Gasteiger partial charge in [-0.2, -0.15) is 0 Å². The van der Waals surface area contributed by atoms with Crippen molar-refractivity contribution in [3.63, 3.8) is 0 Å². The molecule has 0 aliphatic heterocycles. The smallest absolute Gasteiger partial charge is 0.431 e. The van der Waals surface area contributed by atoms with Gasteiger partial charge < -0.3 is 14.2 Å². The number of hydrogen-bond acceptors (Lipinski definition) is 4. The first-order valence-corrected chi connectivity index (χ1v) is 5.96. The highest BCUT2D eigenvalue weighted by Gasteiger charge is 2.34. The molecule has 0 radical (unpaired) electrons. The summed E-state index contributed by atoms with van der Waals surface area (Å²) in [6.45, 7) is 3.49. The highest BCUT2D eigenvalue weighted by Crippen LogP contribution is 2.33. The molecule has 0 amide bonds. The van der Waals surface area contributed by atoms with Gasteiger partial charge in [-0.3, -0.25) is 0 Å². The molecule has 0 aromatic heterocycles. The van der Waals surface area contributed by atoms with Gasteiger partial charge in [0.25, 0.3) is 0 Å². The Hall–Kier alpha value is -1.07. The van der Waals surface area contributed by atoms with Crippen LogP contribution >= 0.6 is 15.9 Å². The number of carbonyl (C=O) groups is 1. The molecule has 1 aromatic rings. The van der Waals surface area contributed by atoms with Crippen molar-refractivity contribution in [3.05, 3.63) is 35.9 Å². The Morgan fingerprint density at radius 2 is 1.88 bits per heavy atom. The summed E-state index contributed by atoms with van der Waals surface area (Å²) in [6.07, 6.45) is -1.03. The molecule has 4 nitrogen and oxygen atoms in total. The third-order valence-corrected chi connectivity index (χ3v) is 2.87. The average Bonchev–Trinajstić information content (AvgIpc) is 2.29. The van der Waals surface area contributed by atoms with Crippen molar-refractivity contribution in [1.82, 2.24) is 0 Å². The molecule has 17 heavy (non-hydrogen) atoms. The number of carbonyl (C=O) groups excluding carboxylic acids is 1. The molecule has 0 aliphatic carbocycles. The Balaban J connectivity index is 2.79. The normalized spacial score (nSPS) is 14.2. The minimum absolute atomic E-state index is 0.244. The van der Waals surface area contributed by atoms with E-state index in [-0.39, 0.29) is 6.10 Å². The standard InChI is InChI=1S/C12H15BrO4/c1-9(2)16-11(14)17-12(13,15-3)10-7-5-4-6-8-10/h4-9H,1-3H3. The van der Waals surface area contributed by atoms with Gasteiger partial charge in [0.1, 0.15) is 0 Å². The second kappa shape index (κ2) is 6.02. The Labute approximate surface area is 109 Å². The third-order valence-electron chi connectivity index (χ3n) is 1.93. The number of hydrogen-bond donors (Lipinski definition) is 0. The lowest BCUT2D eigenvalue weighted by Crippen LogP contribution is -2.29. The predicted molar refractivity (Wildman–Crippen MR) is 66.8 cm³/mol. The van der Waals surface area contributed by atoms with Crippen LogP contribution in [0.15, 0.2) is 30.3 Å². The first-order valence-electron chi connectivity index (χ1n) is 5.17. The molecular formula is C12H15BrO4. The van der Waals surface area contributed by atoms with Gasteiger partial charge in [-0.15, -0.1) is 0 Å². The molecule has 0 aliphatic rings. The first-order chi connectivity index (χ1) is 7.98. The van der Waals surface area contributed by atoms with Crippen LogP contribution in [0.5, 0.6) is 0 Å². The fourth-order valence-electron chi connectivity index (χ4n) is 1.18. The second-order valence-electron chi connectivity index (χ2n) is 3.63. The molecule has 1 rings (SSSR count). The van der Waals surface area contributed by atoms with Crippen molar-refractivity contribution in [2.75, 3.05) is 7.11 Å².